The van der Waals surface area contributed by atoms with Gasteiger partial charge in [0, 0.05) is 6.07 Å². The van der Waals surface area contributed by atoms with E-state index >= 15 is 0 Å². The van der Waals surface area contributed by atoms with E-state index in [0.29, 0.717) is 12.1 Å². The zero-order valence-corrected chi connectivity index (χ0v) is 12.2. The Bertz CT molecular complexity index is 673. The van der Waals surface area contributed by atoms with E-state index in [1.165, 1.54) is 6.08 Å². The normalized spacial score (nSPS) is 12.3. The molecule has 0 saturated carbocycles. The third-order valence-electron chi connectivity index (χ3n) is 3.03. The first-order chi connectivity index (χ1) is 11.1. The zero-order valence-electron chi connectivity index (χ0n) is 12.2. The zero-order chi connectivity index (χ0) is 18.5. The molecule has 0 radical (unpaired) electrons. The predicted octanol–water partition coefficient (Wildman–Crippen LogP) is 2.76. The van der Waals surface area contributed by atoms with Crippen LogP contribution in [-0.4, -0.2) is 27.9 Å². The van der Waals surface area contributed by atoms with Crippen LogP contribution in [0, 0.1) is 10.1 Å². The summed E-state index contributed by atoms with van der Waals surface area (Å²) in [5, 5.41) is 22.0. The summed E-state index contributed by atoms with van der Waals surface area (Å²) < 4.78 is 37.8. The van der Waals surface area contributed by atoms with Crippen LogP contribution in [0.4, 0.5) is 18.9 Å². The molecule has 1 atom stereocenters. The molecule has 2 N–H and O–H groups in total. The minimum absolute atomic E-state index is 0.0149. The first kappa shape index (κ1) is 19.1. The monoisotopic (exact) mass is 346 g/mol. The molecule has 0 spiro atoms. The highest BCUT2D eigenvalue weighted by atomic mass is 19.4. The quantitative estimate of drug-likeness (QED) is 0.448. The van der Waals surface area contributed by atoms with E-state index in [2.05, 4.69) is 6.58 Å². The van der Waals surface area contributed by atoms with Crippen molar-refractivity contribution < 1.29 is 32.8 Å². The van der Waals surface area contributed by atoms with Gasteiger partial charge in [0.25, 0.3) is 11.6 Å². The number of allylic oxidation sites excluding steroid dienone is 1. The summed E-state index contributed by atoms with van der Waals surface area (Å²) in [6.45, 7) is 3.40. The molecule has 0 aliphatic carbocycles. The predicted molar refractivity (Wildman–Crippen MR) is 76.4 cm³/mol. The Morgan fingerprint density at radius 3 is 2.50 bits per heavy atom. The summed E-state index contributed by atoms with van der Waals surface area (Å²) >= 11 is 0. The van der Waals surface area contributed by atoms with Gasteiger partial charge in [0.05, 0.1) is 10.5 Å². The van der Waals surface area contributed by atoms with Gasteiger partial charge in [-0.15, -0.1) is 6.58 Å². The smallest absolute Gasteiger partial charge is 0.416 e. The molecule has 0 bridgehead atoms. The fraction of sp³-hybridized carbons (Fsp3) is 0.286. The summed E-state index contributed by atoms with van der Waals surface area (Å²) in [4.78, 5) is 32.9. The van der Waals surface area contributed by atoms with Gasteiger partial charge >= 0.3 is 12.1 Å². The van der Waals surface area contributed by atoms with E-state index in [0.717, 1.165) is 0 Å². The highest BCUT2D eigenvalue weighted by molar-refractivity contribution is 6.00. The lowest BCUT2D eigenvalue weighted by atomic mass is 10.1. The number of aliphatic carboxylic acids is 1. The molecule has 1 unspecified atom stereocenters. The number of nitrogens with zero attached hydrogens (tertiary/aromatic N) is 1. The van der Waals surface area contributed by atoms with Gasteiger partial charge < -0.3 is 10.4 Å². The Morgan fingerprint density at radius 2 is 2.04 bits per heavy atom. The van der Waals surface area contributed by atoms with Crippen molar-refractivity contribution in [3.8, 4) is 0 Å². The highest BCUT2D eigenvalue weighted by Crippen LogP contribution is 2.33. The van der Waals surface area contributed by atoms with Crippen LogP contribution < -0.4 is 5.32 Å². The molecule has 10 heteroatoms. The van der Waals surface area contributed by atoms with Crippen molar-refractivity contribution in [1.29, 1.82) is 0 Å². The topological polar surface area (TPSA) is 110 Å². The number of halogens is 3. The number of carboxylic acids is 1. The summed E-state index contributed by atoms with van der Waals surface area (Å²) in [6, 6.07) is 0.0378. The first-order valence-electron chi connectivity index (χ1n) is 6.58. The number of nitrogens with one attached hydrogen (secondary N) is 1. The molecule has 0 heterocycles. The Hall–Kier alpha value is -2.91. The molecule has 1 aromatic rings. The van der Waals surface area contributed by atoms with Crippen LogP contribution in [0.2, 0.25) is 0 Å². The maximum Gasteiger partial charge on any atom is 0.416 e. The van der Waals surface area contributed by atoms with Crippen molar-refractivity contribution in [2.75, 3.05) is 0 Å². The Labute approximate surface area is 133 Å². The number of amides is 1. The fourth-order valence-corrected chi connectivity index (χ4v) is 1.83. The lowest BCUT2D eigenvalue weighted by molar-refractivity contribution is -0.385. The maximum atomic E-state index is 12.6. The molecule has 7 nitrogen and oxygen atoms in total. The number of carbonyl (C=O) groups is 2. The van der Waals surface area contributed by atoms with E-state index in [-0.39, 0.29) is 18.9 Å². The van der Waals surface area contributed by atoms with Gasteiger partial charge in [0.2, 0.25) is 0 Å². The minimum atomic E-state index is -4.81. The molecule has 1 rings (SSSR count). The van der Waals surface area contributed by atoms with Crippen LogP contribution in [-0.2, 0) is 11.0 Å². The molecule has 1 amide bonds. The summed E-state index contributed by atoms with van der Waals surface area (Å²) in [5.41, 5.74) is -3.00. The molecular weight excluding hydrogens is 333 g/mol. The standard InChI is InChI=1S/C14H13F3N2O5/c1-2-3-4-10(13(21)22)18-12(20)9-6-5-8(14(15,16)17)7-11(9)19(23)24/h2,5-7,10H,1,3-4H2,(H,18,20)(H,21,22). The second-order valence-electron chi connectivity index (χ2n) is 4.72. The Morgan fingerprint density at radius 1 is 1.42 bits per heavy atom. The van der Waals surface area contributed by atoms with E-state index < -0.39 is 45.8 Å². The summed E-state index contributed by atoms with van der Waals surface area (Å²) in [6.07, 6.45) is -3.15. The van der Waals surface area contributed by atoms with Crippen molar-refractivity contribution >= 4 is 17.6 Å². The van der Waals surface area contributed by atoms with Gasteiger partial charge in [-0.25, -0.2) is 4.79 Å². The number of carbonyl (C=O) groups excluding carboxylic acids is 1. The van der Waals surface area contributed by atoms with Gasteiger partial charge in [-0.2, -0.15) is 13.2 Å². The fourth-order valence-electron chi connectivity index (χ4n) is 1.83. The first-order valence-corrected chi connectivity index (χ1v) is 6.58. The second-order valence-corrected chi connectivity index (χ2v) is 4.72. The van der Waals surface area contributed by atoms with Gasteiger partial charge in [-0.05, 0) is 25.0 Å². The summed E-state index contributed by atoms with van der Waals surface area (Å²) in [7, 11) is 0. The van der Waals surface area contributed by atoms with Gasteiger partial charge in [-0.3, -0.25) is 14.9 Å². The molecule has 0 aromatic heterocycles. The number of alkyl halides is 3. The van der Waals surface area contributed by atoms with Crippen LogP contribution in [0.3, 0.4) is 0 Å². The molecule has 24 heavy (non-hydrogen) atoms. The van der Waals surface area contributed by atoms with E-state index in [1.807, 2.05) is 5.32 Å². The van der Waals surface area contributed by atoms with Crippen molar-refractivity contribution in [2.24, 2.45) is 0 Å². The average Bonchev–Trinajstić information content (AvgIpc) is 2.49. The number of benzene rings is 1. The number of rotatable bonds is 7. The second kappa shape index (κ2) is 7.57. The molecule has 1 aromatic carbocycles. The Balaban J connectivity index is 3.15. The van der Waals surface area contributed by atoms with Crippen LogP contribution in [0.25, 0.3) is 0 Å². The Kier molecular flexibility index (Phi) is 6.04. The third-order valence-corrected chi connectivity index (χ3v) is 3.03. The summed E-state index contributed by atoms with van der Waals surface area (Å²) in [5.74, 6) is -2.52. The molecule has 0 aliphatic heterocycles. The molecule has 0 aliphatic rings. The van der Waals surface area contributed by atoms with Gasteiger partial charge in [0.15, 0.2) is 0 Å². The van der Waals surface area contributed by atoms with Crippen molar-refractivity contribution in [3.05, 3.63) is 52.1 Å². The largest absolute Gasteiger partial charge is 0.480 e. The van der Waals surface area contributed by atoms with Crippen LogP contribution in [0.1, 0.15) is 28.8 Å². The molecular formula is C14H13F3N2O5. The molecule has 0 fully saturated rings. The molecule has 0 saturated heterocycles. The SMILES string of the molecule is C=CCCC(NC(=O)c1ccc(C(F)(F)F)cc1[N+](=O)[O-])C(=O)O. The number of hydrogen-bond donors (Lipinski definition) is 2. The van der Waals surface area contributed by atoms with Crippen LogP contribution in [0.5, 0.6) is 0 Å². The lowest BCUT2D eigenvalue weighted by Gasteiger charge is -2.14. The van der Waals surface area contributed by atoms with Gasteiger partial charge in [-0.1, -0.05) is 6.08 Å². The molecule has 130 valence electrons. The van der Waals surface area contributed by atoms with Crippen LogP contribution >= 0.6 is 0 Å². The average molecular weight is 346 g/mol. The number of nitro groups is 1. The van der Waals surface area contributed by atoms with Crippen molar-refractivity contribution in [2.45, 2.75) is 25.1 Å². The highest BCUT2D eigenvalue weighted by Gasteiger charge is 2.34. The van der Waals surface area contributed by atoms with Gasteiger partial charge in [0.1, 0.15) is 11.6 Å². The third kappa shape index (κ3) is 4.80. The van der Waals surface area contributed by atoms with Crippen LogP contribution in [0.15, 0.2) is 30.9 Å². The van der Waals surface area contributed by atoms with Crippen molar-refractivity contribution in [3.63, 3.8) is 0 Å². The maximum absolute atomic E-state index is 12.6. The van der Waals surface area contributed by atoms with E-state index in [4.69, 9.17) is 5.11 Å². The minimum Gasteiger partial charge on any atom is -0.480 e. The number of carboxylic acid groups (broad SMARTS) is 1. The number of nitro benzene ring substituents is 1. The van der Waals surface area contributed by atoms with Crippen molar-refractivity contribution in [1.82, 2.24) is 5.32 Å². The van der Waals surface area contributed by atoms with E-state index in [1.54, 1.807) is 0 Å². The lowest BCUT2D eigenvalue weighted by Crippen LogP contribution is -2.40. The van der Waals surface area contributed by atoms with E-state index in [9.17, 15) is 32.9 Å². The number of hydrogen-bond acceptors (Lipinski definition) is 4.